The van der Waals surface area contributed by atoms with Crippen molar-refractivity contribution in [3.63, 3.8) is 0 Å². The number of carbonyl (C=O) groups excluding carboxylic acids is 1. The Labute approximate surface area is 151 Å². The summed E-state index contributed by atoms with van der Waals surface area (Å²) < 4.78 is 25.4. The first kappa shape index (κ1) is 19.3. The van der Waals surface area contributed by atoms with E-state index < -0.39 is 21.8 Å². The van der Waals surface area contributed by atoms with E-state index in [0.29, 0.717) is 16.4 Å². The van der Waals surface area contributed by atoms with Crippen LogP contribution in [0.25, 0.3) is 0 Å². The number of nitrogens with zero attached hydrogens (tertiary/aromatic N) is 2. The van der Waals surface area contributed by atoms with Crippen molar-refractivity contribution in [2.75, 3.05) is 11.1 Å². The van der Waals surface area contributed by atoms with Gasteiger partial charge in [-0.05, 0) is 39.0 Å². The zero-order valence-corrected chi connectivity index (χ0v) is 15.9. The zero-order valence-electron chi connectivity index (χ0n) is 14.4. The largest absolute Gasteiger partial charge is 0.506 e. The van der Waals surface area contributed by atoms with Crippen LogP contribution in [-0.4, -0.2) is 35.0 Å². The quantitative estimate of drug-likeness (QED) is 0.770. The van der Waals surface area contributed by atoms with Crippen molar-refractivity contribution < 1.29 is 18.3 Å². The highest BCUT2D eigenvalue weighted by atomic mass is 35.5. The summed E-state index contributed by atoms with van der Waals surface area (Å²) in [5, 5.41) is 17.2. The van der Waals surface area contributed by atoms with Gasteiger partial charge in [-0.25, -0.2) is 8.42 Å². The molecule has 0 bridgehead atoms. The maximum atomic E-state index is 12.5. The Hall–Kier alpha value is -2.06. The van der Waals surface area contributed by atoms with Crippen molar-refractivity contribution in [1.29, 1.82) is 0 Å². The molecule has 0 fully saturated rings. The molecule has 136 valence electrons. The summed E-state index contributed by atoms with van der Waals surface area (Å²) in [5.74, 6) is -0.753. The van der Waals surface area contributed by atoms with Crippen LogP contribution in [0, 0.1) is 13.8 Å². The fourth-order valence-corrected chi connectivity index (χ4v) is 3.37. The highest BCUT2D eigenvalue weighted by molar-refractivity contribution is 7.91. The van der Waals surface area contributed by atoms with Gasteiger partial charge < -0.3 is 10.4 Å². The Bertz CT molecular complexity index is 922. The van der Waals surface area contributed by atoms with Crippen LogP contribution >= 0.6 is 11.6 Å². The lowest BCUT2D eigenvalue weighted by Gasteiger charge is -2.16. The van der Waals surface area contributed by atoms with Gasteiger partial charge in [-0.3, -0.25) is 9.48 Å². The highest BCUT2D eigenvalue weighted by Crippen LogP contribution is 2.28. The van der Waals surface area contributed by atoms with Crippen LogP contribution in [0.4, 0.5) is 5.69 Å². The monoisotopic (exact) mass is 385 g/mol. The molecule has 1 aromatic carbocycles. The summed E-state index contributed by atoms with van der Waals surface area (Å²) in [5.41, 5.74) is 1.28. The number of aryl methyl sites for hydroxylation is 1. The van der Waals surface area contributed by atoms with E-state index in [1.807, 2.05) is 0 Å². The lowest BCUT2D eigenvalue weighted by molar-refractivity contribution is -0.119. The summed E-state index contributed by atoms with van der Waals surface area (Å²) in [6.45, 7) is 6.64. The second-order valence-corrected chi connectivity index (χ2v) is 8.33. The van der Waals surface area contributed by atoms with Crippen LogP contribution < -0.4 is 5.32 Å². The first-order valence-corrected chi connectivity index (χ1v) is 9.69. The first-order chi connectivity index (χ1) is 11.6. The first-order valence-electron chi connectivity index (χ1n) is 7.66. The van der Waals surface area contributed by atoms with E-state index in [4.69, 9.17) is 11.6 Å². The molecule has 1 heterocycles. The normalized spacial score (nSPS) is 12.8. The molecule has 0 saturated heterocycles. The van der Waals surface area contributed by atoms with Crippen molar-refractivity contribution in [3.05, 3.63) is 34.6 Å². The van der Waals surface area contributed by atoms with Gasteiger partial charge in [0.15, 0.2) is 9.84 Å². The Morgan fingerprint density at radius 1 is 1.40 bits per heavy atom. The maximum absolute atomic E-state index is 12.5. The minimum atomic E-state index is -3.45. The van der Waals surface area contributed by atoms with Crippen LogP contribution in [0.1, 0.15) is 31.3 Å². The fourth-order valence-electron chi connectivity index (χ4n) is 2.34. The van der Waals surface area contributed by atoms with Gasteiger partial charge in [-0.2, -0.15) is 5.10 Å². The molecule has 1 amide bonds. The Morgan fingerprint density at radius 2 is 2.04 bits per heavy atom. The molecular weight excluding hydrogens is 366 g/mol. The predicted octanol–water partition coefficient (Wildman–Crippen LogP) is 2.85. The lowest BCUT2D eigenvalue weighted by Crippen LogP contribution is -2.25. The minimum Gasteiger partial charge on any atom is -0.506 e. The Kier molecular flexibility index (Phi) is 5.43. The van der Waals surface area contributed by atoms with E-state index in [1.54, 1.807) is 20.8 Å². The van der Waals surface area contributed by atoms with Crippen molar-refractivity contribution in [2.24, 2.45) is 0 Å². The van der Waals surface area contributed by atoms with Gasteiger partial charge in [0.2, 0.25) is 5.91 Å². The van der Waals surface area contributed by atoms with E-state index in [0.717, 1.165) is 0 Å². The van der Waals surface area contributed by atoms with Crippen LogP contribution in [-0.2, 0) is 14.6 Å². The molecule has 0 aliphatic rings. The third-order valence-electron chi connectivity index (χ3n) is 3.95. The predicted molar refractivity (Wildman–Crippen MR) is 95.9 cm³/mol. The average molecular weight is 386 g/mol. The molecule has 7 nitrogen and oxygen atoms in total. The number of rotatable bonds is 5. The Balaban J connectivity index is 2.31. The van der Waals surface area contributed by atoms with Gasteiger partial charge >= 0.3 is 0 Å². The number of amides is 1. The van der Waals surface area contributed by atoms with E-state index in [1.165, 1.54) is 29.8 Å². The molecule has 1 atom stereocenters. The molecule has 0 radical (unpaired) electrons. The smallest absolute Gasteiger partial charge is 0.249 e. The molecule has 0 aliphatic heterocycles. The third kappa shape index (κ3) is 3.80. The standard InChI is InChI=1S/C16H20ClN3O4S/c1-5-25(23,24)12-6-7-14(21)13(8-12)18-16(22)11(4)20-10(3)15(17)9(2)19-20/h6-8,11,21H,5H2,1-4H3,(H,18,22). The Morgan fingerprint density at radius 3 is 2.56 bits per heavy atom. The molecular formula is C16H20ClN3O4S. The number of sulfone groups is 1. The van der Waals surface area contributed by atoms with Crippen molar-refractivity contribution >= 4 is 33.0 Å². The lowest BCUT2D eigenvalue weighted by atomic mass is 10.2. The van der Waals surface area contributed by atoms with Crippen molar-refractivity contribution in [2.45, 2.75) is 38.6 Å². The number of aromatic hydroxyl groups is 1. The number of hydrogen-bond donors (Lipinski definition) is 2. The number of benzene rings is 1. The highest BCUT2D eigenvalue weighted by Gasteiger charge is 2.22. The number of carbonyl (C=O) groups is 1. The molecule has 2 rings (SSSR count). The molecule has 2 N–H and O–H groups in total. The second kappa shape index (κ2) is 7.05. The molecule has 9 heteroatoms. The molecule has 0 saturated carbocycles. The van der Waals surface area contributed by atoms with Crippen molar-refractivity contribution in [1.82, 2.24) is 9.78 Å². The van der Waals surface area contributed by atoms with Crippen molar-refractivity contribution in [3.8, 4) is 5.75 Å². The molecule has 2 aromatic rings. The number of aromatic nitrogens is 2. The SMILES string of the molecule is CCS(=O)(=O)c1ccc(O)c(NC(=O)C(C)n2nc(C)c(Cl)c2C)c1. The average Bonchev–Trinajstić information content (AvgIpc) is 2.83. The maximum Gasteiger partial charge on any atom is 0.249 e. The topological polar surface area (TPSA) is 101 Å². The minimum absolute atomic E-state index is 0.0269. The van der Waals surface area contributed by atoms with Crippen LogP contribution in [0.15, 0.2) is 23.1 Å². The summed E-state index contributed by atoms with van der Waals surface area (Å²) in [7, 11) is -3.45. The van der Waals surface area contributed by atoms with Crippen LogP contribution in [0.2, 0.25) is 5.02 Å². The summed E-state index contributed by atoms with van der Waals surface area (Å²) in [6, 6.07) is 3.08. The second-order valence-electron chi connectivity index (χ2n) is 5.68. The summed E-state index contributed by atoms with van der Waals surface area (Å²) in [4.78, 5) is 12.5. The molecule has 25 heavy (non-hydrogen) atoms. The van der Waals surface area contributed by atoms with E-state index in [9.17, 15) is 18.3 Å². The van der Waals surface area contributed by atoms with E-state index >= 15 is 0 Å². The van der Waals surface area contributed by atoms with Gasteiger partial charge in [0.05, 0.1) is 32.7 Å². The van der Waals surface area contributed by atoms with Gasteiger partial charge in [0.25, 0.3) is 0 Å². The number of anilines is 1. The fraction of sp³-hybridized carbons (Fsp3) is 0.375. The van der Waals surface area contributed by atoms with Gasteiger partial charge in [0.1, 0.15) is 11.8 Å². The number of phenols is 1. The summed E-state index contributed by atoms with van der Waals surface area (Å²) >= 11 is 6.10. The summed E-state index contributed by atoms with van der Waals surface area (Å²) in [6.07, 6.45) is 0. The number of nitrogens with one attached hydrogen (secondary N) is 1. The van der Waals surface area contributed by atoms with Crippen LogP contribution in [0.5, 0.6) is 5.75 Å². The third-order valence-corrected chi connectivity index (χ3v) is 6.23. The molecule has 1 aromatic heterocycles. The molecule has 1 unspecified atom stereocenters. The van der Waals surface area contributed by atoms with E-state index in [2.05, 4.69) is 10.4 Å². The van der Waals surface area contributed by atoms with E-state index in [-0.39, 0.29) is 22.1 Å². The van der Waals surface area contributed by atoms with Crippen LogP contribution in [0.3, 0.4) is 0 Å². The van der Waals surface area contributed by atoms with Gasteiger partial charge in [-0.1, -0.05) is 18.5 Å². The number of phenolic OH excluding ortho intramolecular Hbond substituents is 1. The molecule has 0 spiro atoms. The zero-order chi connectivity index (χ0) is 18.9. The number of hydrogen-bond acceptors (Lipinski definition) is 5. The van der Waals surface area contributed by atoms with Gasteiger partial charge in [0, 0.05) is 0 Å². The van der Waals surface area contributed by atoms with Gasteiger partial charge in [-0.15, -0.1) is 0 Å². The molecule has 0 aliphatic carbocycles. The number of halogens is 1.